The molecule has 0 aliphatic heterocycles. The lowest BCUT2D eigenvalue weighted by molar-refractivity contribution is -0.123. The van der Waals surface area contributed by atoms with Crippen molar-refractivity contribution in [3.05, 3.63) is 0 Å². The van der Waals surface area contributed by atoms with Crippen LogP contribution in [0.3, 0.4) is 0 Å². The van der Waals surface area contributed by atoms with E-state index in [0.717, 1.165) is 0 Å². The smallest absolute Gasteiger partial charge is 0.131 e. The minimum absolute atomic E-state index is 0.457. The molecular weight excluding hydrogens is 166 g/mol. The molecular formula is C6H15NO5. The van der Waals surface area contributed by atoms with Gasteiger partial charge in [0.25, 0.3) is 0 Å². The third-order valence-electron chi connectivity index (χ3n) is 1.56. The van der Waals surface area contributed by atoms with E-state index in [4.69, 9.17) is 21.1 Å². The second-order valence-corrected chi connectivity index (χ2v) is 2.43. The molecule has 0 fully saturated rings. The quantitative estimate of drug-likeness (QED) is 0.288. The van der Waals surface area contributed by atoms with Crippen LogP contribution >= 0.6 is 0 Å². The number of rotatable bonds is 5. The largest absolute Gasteiger partial charge is 0.394 e. The van der Waals surface area contributed by atoms with Gasteiger partial charge in [-0.2, -0.15) is 0 Å². The maximum atomic E-state index is 9.17. The Hall–Kier alpha value is -0.240. The van der Waals surface area contributed by atoms with Crippen LogP contribution < -0.4 is 5.73 Å². The van der Waals surface area contributed by atoms with Crippen LogP contribution in [0, 0.1) is 0 Å². The van der Waals surface area contributed by atoms with E-state index < -0.39 is 31.1 Å². The Morgan fingerprint density at radius 3 is 2.00 bits per heavy atom. The van der Waals surface area contributed by atoms with E-state index in [2.05, 4.69) is 4.74 Å². The monoisotopic (exact) mass is 181 g/mol. The molecule has 6 heteroatoms. The molecule has 4 unspecified atom stereocenters. The molecule has 0 aliphatic rings. The molecule has 0 radical (unpaired) electrons. The first-order valence-corrected chi connectivity index (χ1v) is 3.48. The van der Waals surface area contributed by atoms with Crippen molar-refractivity contribution in [2.24, 2.45) is 5.73 Å². The Morgan fingerprint density at radius 1 is 1.25 bits per heavy atom. The Bertz CT molecular complexity index is 115. The van der Waals surface area contributed by atoms with E-state index in [1.54, 1.807) is 0 Å². The van der Waals surface area contributed by atoms with E-state index in [-0.39, 0.29) is 0 Å². The van der Waals surface area contributed by atoms with Crippen LogP contribution in [-0.4, -0.2) is 58.7 Å². The minimum atomic E-state index is -1.55. The summed E-state index contributed by atoms with van der Waals surface area (Å²) in [6.07, 6.45) is -5.43. The first-order valence-electron chi connectivity index (χ1n) is 3.48. The van der Waals surface area contributed by atoms with Gasteiger partial charge < -0.3 is 30.9 Å². The minimum Gasteiger partial charge on any atom is -0.394 e. The second kappa shape index (κ2) is 5.41. The fourth-order valence-corrected chi connectivity index (χ4v) is 0.744. The van der Waals surface area contributed by atoms with E-state index in [1.807, 2.05) is 0 Å². The van der Waals surface area contributed by atoms with Crippen molar-refractivity contribution in [3.8, 4) is 0 Å². The second-order valence-electron chi connectivity index (χ2n) is 2.43. The fraction of sp³-hybridized carbons (Fsp3) is 1.00. The highest BCUT2D eigenvalue weighted by molar-refractivity contribution is 4.78. The van der Waals surface area contributed by atoms with Crippen LogP contribution in [0.25, 0.3) is 0 Å². The molecule has 0 saturated carbocycles. The van der Waals surface area contributed by atoms with Crippen LogP contribution in [0.2, 0.25) is 0 Å². The van der Waals surface area contributed by atoms with E-state index >= 15 is 0 Å². The molecule has 0 spiro atoms. The number of nitrogens with two attached hydrogens (primary N) is 1. The van der Waals surface area contributed by atoms with E-state index in [0.29, 0.717) is 0 Å². The van der Waals surface area contributed by atoms with Gasteiger partial charge in [0, 0.05) is 7.11 Å². The molecule has 6 nitrogen and oxygen atoms in total. The molecule has 0 heterocycles. The van der Waals surface area contributed by atoms with Gasteiger partial charge in [-0.3, -0.25) is 0 Å². The van der Waals surface area contributed by atoms with Gasteiger partial charge in [0.15, 0.2) is 0 Å². The van der Waals surface area contributed by atoms with Gasteiger partial charge in [-0.15, -0.1) is 0 Å². The summed E-state index contributed by atoms with van der Waals surface area (Å²) < 4.78 is 4.61. The molecule has 0 aromatic heterocycles. The number of hydrogen-bond acceptors (Lipinski definition) is 6. The summed E-state index contributed by atoms with van der Waals surface area (Å²) in [5.41, 5.74) is 4.89. The molecule has 0 aromatic carbocycles. The van der Waals surface area contributed by atoms with Gasteiger partial charge in [0.1, 0.15) is 24.5 Å². The maximum absolute atomic E-state index is 9.17. The lowest BCUT2D eigenvalue weighted by Gasteiger charge is -2.25. The van der Waals surface area contributed by atoms with Gasteiger partial charge in [-0.1, -0.05) is 0 Å². The normalized spacial score (nSPS) is 21.5. The van der Waals surface area contributed by atoms with Crippen LogP contribution in [0.4, 0.5) is 0 Å². The van der Waals surface area contributed by atoms with Crippen molar-refractivity contribution in [1.82, 2.24) is 0 Å². The predicted molar refractivity (Wildman–Crippen MR) is 40.1 cm³/mol. The van der Waals surface area contributed by atoms with Crippen molar-refractivity contribution >= 4 is 0 Å². The SMILES string of the molecule is COC(CO)C(O)C(O)C(N)O. The first-order chi connectivity index (χ1) is 5.54. The van der Waals surface area contributed by atoms with Crippen LogP contribution in [-0.2, 0) is 4.74 Å². The van der Waals surface area contributed by atoms with E-state index in [9.17, 15) is 5.11 Å². The molecule has 0 bridgehead atoms. The highest BCUT2D eigenvalue weighted by atomic mass is 16.5. The van der Waals surface area contributed by atoms with Gasteiger partial charge in [0.2, 0.25) is 0 Å². The zero-order valence-corrected chi connectivity index (χ0v) is 6.79. The zero-order chi connectivity index (χ0) is 9.72. The molecule has 6 N–H and O–H groups in total. The predicted octanol–water partition coefficient (Wildman–Crippen LogP) is -3.01. The summed E-state index contributed by atoms with van der Waals surface area (Å²) in [5, 5.41) is 35.5. The highest BCUT2D eigenvalue weighted by Crippen LogP contribution is 2.04. The molecule has 0 aliphatic carbocycles. The Balaban J connectivity index is 4.05. The lowest BCUT2D eigenvalue weighted by atomic mass is 10.1. The fourth-order valence-electron chi connectivity index (χ4n) is 0.744. The first kappa shape index (κ1) is 11.8. The van der Waals surface area contributed by atoms with Crippen molar-refractivity contribution < 1.29 is 25.2 Å². The molecule has 74 valence electrons. The Labute approximate surface area is 70.2 Å². The Kier molecular flexibility index (Phi) is 5.31. The summed E-state index contributed by atoms with van der Waals surface area (Å²) >= 11 is 0. The van der Waals surface area contributed by atoms with Crippen LogP contribution in [0.1, 0.15) is 0 Å². The standard InChI is InChI=1S/C6H15NO5/c1-12-3(2-8)4(9)5(10)6(7)11/h3-6,8-11H,2,7H2,1H3. The summed E-state index contributed by atoms with van der Waals surface area (Å²) in [6, 6.07) is 0. The highest BCUT2D eigenvalue weighted by Gasteiger charge is 2.29. The Morgan fingerprint density at radius 2 is 1.75 bits per heavy atom. The average Bonchev–Trinajstić information content (AvgIpc) is 2.05. The summed E-state index contributed by atoms with van der Waals surface area (Å²) in [7, 11) is 1.26. The lowest BCUT2D eigenvalue weighted by Crippen LogP contribution is -2.49. The number of methoxy groups -OCH3 is 1. The van der Waals surface area contributed by atoms with Crippen molar-refractivity contribution in [2.75, 3.05) is 13.7 Å². The van der Waals surface area contributed by atoms with Crippen LogP contribution in [0.15, 0.2) is 0 Å². The molecule has 0 amide bonds. The van der Waals surface area contributed by atoms with Crippen molar-refractivity contribution in [2.45, 2.75) is 24.5 Å². The zero-order valence-electron chi connectivity index (χ0n) is 6.79. The molecule has 0 rings (SSSR count). The van der Waals surface area contributed by atoms with Crippen LogP contribution in [0.5, 0.6) is 0 Å². The molecule has 0 aromatic rings. The molecule has 0 saturated heterocycles. The van der Waals surface area contributed by atoms with Crippen molar-refractivity contribution in [3.63, 3.8) is 0 Å². The molecule has 4 atom stereocenters. The third kappa shape index (κ3) is 3.02. The summed E-state index contributed by atoms with van der Waals surface area (Å²) in [6.45, 7) is -0.457. The topological polar surface area (TPSA) is 116 Å². The number of aliphatic hydroxyl groups excluding tert-OH is 4. The number of hydrogen-bond donors (Lipinski definition) is 5. The maximum Gasteiger partial charge on any atom is 0.131 e. The third-order valence-corrected chi connectivity index (χ3v) is 1.56. The average molecular weight is 181 g/mol. The summed E-state index contributed by atoms with van der Waals surface area (Å²) in [5.74, 6) is 0. The van der Waals surface area contributed by atoms with Gasteiger partial charge >= 0.3 is 0 Å². The van der Waals surface area contributed by atoms with Gasteiger partial charge in [0.05, 0.1) is 6.61 Å². The van der Waals surface area contributed by atoms with Crippen molar-refractivity contribution in [1.29, 1.82) is 0 Å². The molecule has 12 heavy (non-hydrogen) atoms. The summed E-state index contributed by atoms with van der Waals surface area (Å²) in [4.78, 5) is 0. The van der Waals surface area contributed by atoms with Gasteiger partial charge in [-0.25, -0.2) is 0 Å². The number of aliphatic hydroxyl groups is 4. The van der Waals surface area contributed by atoms with E-state index in [1.165, 1.54) is 7.11 Å². The number of ether oxygens (including phenoxy) is 1. The van der Waals surface area contributed by atoms with Gasteiger partial charge in [-0.05, 0) is 0 Å².